The second-order valence-corrected chi connectivity index (χ2v) is 4.61. The third kappa shape index (κ3) is 4.21. The molecule has 0 radical (unpaired) electrons. The molecular formula is C13H24N4. The highest BCUT2D eigenvalue weighted by Crippen LogP contribution is 2.21. The standard InChI is InChI=1S/C13H24N4/c1-5-8-14-11-9-12(16-10-15-11)17-13(4,6-2)7-3/h9-10H,5-8H2,1-4H3,(H2,14,15,16,17). The second kappa shape index (κ2) is 6.42. The van der Waals surface area contributed by atoms with E-state index in [4.69, 9.17) is 0 Å². The predicted molar refractivity (Wildman–Crippen MR) is 73.4 cm³/mol. The molecule has 2 N–H and O–H groups in total. The van der Waals surface area contributed by atoms with Crippen molar-refractivity contribution in [3.8, 4) is 0 Å². The van der Waals surface area contributed by atoms with Gasteiger partial charge in [0.1, 0.15) is 18.0 Å². The van der Waals surface area contributed by atoms with Crippen LogP contribution in [0.15, 0.2) is 12.4 Å². The molecule has 1 aromatic heterocycles. The Hall–Kier alpha value is -1.32. The van der Waals surface area contributed by atoms with E-state index in [2.05, 4.69) is 48.3 Å². The van der Waals surface area contributed by atoms with Crippen LogP contribution in [0.5, 0.6) is 0 Å². The van der Waals surface area contributed by atoms with Gasteiger partial charge in [0, 0.05) is 18.2 Å². The fraction of sp³-hybridized carbons (Fsp3) is 0.692. The van der Waals surface area contributed by atoms with Crippen molar-refractivity contribution < 1.29 is 0 Å². The zero-order valence-corrected chi connectivity index (χ0v) is 11.4. The predicted octanol–water partition coefficient (Wildman–Crippen LogP) is 3.29. The van der Waals surface area contributed by atoms with Gasteiger partial charge in [0.15, 0.2) is 0 Å². The van der Waals surface area contributed by atoms with E-state index in [1.807, 2.05) is 6.07 Å². The Morgan fingerprint density at radius 2 is 1.76 bits per heavy atom. The van der Waals surface area contributed by atoms with E-state index in [9.17, 15) is 0 Å². The van der Waals surface area contributed by atoms with Crippen LogP contribution in [0, 0.1) is 0 Å². The zero-order valence-electron chi connectivity index (χ0n) is 11.4. The molecule has 1 aromatic rings. The maximum Gasteiger partial charge on any atom is 0.131 e. The molecule has 0 atom stereocenters. The summed E-state index contributed by atoms with van der Waals surface area (Å²) in [6.07, 6.45) is 4.84. The van der Waals surface area contributed by atoms with Crippen LogP contribution in [0.4, 0.5) is 11.6 Å². The molecule has 4 nitrogen and oxygen atoms in total. The van der Waals surface area contributed by atoms with Crippen molar-refractivity contribution in [2.75, 3.05) is 17.2 Å². The summed E-state index contributed by atoms with van der Waals surface area (Å²) in [7, 11) is 0. The third-order valence-electron chi connectivity index (χ3n) is 3.21. The van der Waals surface area contributed by atoms with E-state index < -0.39 is 0 Å². The van der Waals surface area contributed by atoms with E-state index in [1.165, 1.54) is 0 Å². The van der Waals surface area contributed by atoms with E-state index >= 15 is 0 Å². The molecule has 96 valence electrons. The van der Waals surface area contributed by atoms with Crippen LogP contribution >= 0.6 is 0 Å². The van der Waals surface area contributed by atoms with Gasteiger partial charge in [-0.15, -0.1) is 0 Å². The van der Waals surface area contributed by atoms with E-state index in [1.54, 1.807) is 6.33 Å². The SMILES string of the molecule is CCCNc1cc(NC(C)(CC)CC)ncn1. The number of anilines is 2. The fourth-order valence-corrected chi connectivity index (χ4v) is 1.51. The van der Waals surface area contributed by atoms with Crippen molar-refractivity contribution in [1.82, 2.24) is 9.97 Å². The van der Waals surface area contributed by atoms with Crippen molar-refractivity contribution in [2.24, 2.45) is 0 Å². The molecule has 0 unspecified atom stereocenters. The lowest BCUT2D eigenvalue weighted by atomic mass is 9.96. The van der Waals surface area contributed by atoms with Crippen LogP contribution in [0.3, 0.4) is 0 Å². The Bertz CT molecular complexity index is 334. The highest BCUT2D eigenvalue weighted by atomic mass is 15.1. The third-order valence-corrected chi connectivity index (χ3v) is 3.21. The summed E-state index contributed by atoms with van der Waals surface area (Å²) in [5.41, 5.74) is 0.108. The van der Waals surface area contributed by atoms with Crippen LogP contribution in [0.25, 0.3) is 0 Å². The summed E-state index contributed by atoms with van der Waals surface area (Å²) < 4.78 is 0. The topological polar surface area (TPSA) is 49.8 Å². The van der Waals surface area contributed by atoms with Gasteiger partial charge in [-0.1, -0.05) is 20.8 Å². The number of nitrogens with one attached hydrogen (secondary N) is 2. The minimum atomic E-state index is 0.108. The number of hydrogen-bond acceptors (Lipinski definition) is 4. The number of aromatic nitrogens is 2. The monoisotopic (exact) mass is 236 g/mol. The van der Waals surface area contributed by atoms with Crippen molar-refractivity contribution >= 4 is 11.6 Å². The van der Waals surface area contributed by atoms with Crippen LogP contribution in [-0.2, 0) is 0 Å². The largest absolute Gasteiger partial charge is 0.370 e. The molecule has 0 spiro atoms. The van der Waals surface area contributed by atoms with Gasteiger partial charge in [0.2, 0.25) is 0 Å². The lowest BCUT2D eigenvalue weighted by molar-refractivity contribution is 0.476. The highest BCUT2D eigenvalue weighted by molar-refractivity contribution is 5.47. The molecule has 0 aromatic carbocycles. The second-order valence-electron chi connectivity index (χ2n) is 4.61. The molecule has 1 heterocycles. The first-order valence-electron chi connectivity index (χ1n) is 6.47. The molecule has 0 aliphatic heterocycles. The minimum Gasteiger partial charge on any atom is -0.370 e. The Balaban J connectivity index is 2.71. The molecule has 0 amide bonds. The Morgan fingerprint density at radius 1 is 1.12 bits per heavy atom. The van der Waals surface area contributed by atoms with E-state index in [-0.39, 0.29) is 5.54 Å². The van der Waals surface area contributed by atoms with Crippen LogP contribution < -0.4 is 10.6 Å². The number of hydrogen-bond donors (Lipinski definition) is 2. The van der Waals surface area contributed by atoms with Gasteiger partial charge in [-0.3, -0.25) is 0 Å². The molecule has 0 aliphatic carbocycles. The first-order chi connectivity index (χ1) is 8.13. The Morgan fingerprint density at radius 3 is 2.35 bits per heavy atom. The fourth-order valence-electron chi connectivity index (χ4n) is 1.51. The first kappa shape index (κ1) is 13.7. The molecule has 4 heteroatoms. The molecule has 1 rings (SSSR count). The average Bonchev–Trinajstić information content (AvgIpc) is 2.36. The maximum absolute atomic E-state index is 4.27. The lowest BCUT2D eigenvalue weighted by Crippen LogP contribution is -2.33. The summed E-state index contributed by atoms with van der Waals surface area (Å²) in [4.78, 5) is 8.46. The molecule has 17 heavy (non-hydrogen) atoms. The quantitative estimate of drug-likeness (QED) is 0.762. The summed E-state index contributed by atoms with van der Waals surface area (Å²) in [6.45, 7) is 9.67. The van der Waals surface area contributed by atoms with Gasteiger partial charge < -0.3 is 10.6 Å². The van der Waals surface area contributed by atoms with Gasteiger partial charge in [-0.25, -0.2) is 9.97 Å². The zero-order chi connectivity index (χ0) is 12.7. The average molecular weight is 236 g/mol. The summed E-state index contributed by atoms with van der Waals surface area (Å²) in [5.74, 6) is 1.78. The van der Waals surface area contributed by atoms with Crippen molar-refractivity contribution in [1.29, 1.82) is 0 Å². The minimum absolute atomic E-state index is 0.108. The van der Waals surface area contributed by atoms with Crippen LogP contribution in [-0.4, -0.2) is 22.1 Å². The van der Waals surface area contributed by atoms with Gasteiger partial charge >= 0.3 is 0 Å². The number of rotatable bonds is 7. The molecule has 0 aliphatic rings. The van der Waals surface area contributed by atoms with Crippen molar-refractivity contribution in [2.45, 2.75) is 52.5 Å². The highest BCUT2D eigenvalue weighted by Gasteiger charge is 2.19. The van der Waals surface area contributed by atoms with Gasteiger partial charge in [0.25, 0.3) is 0 Å². The maximum atomic E-state index is 4.27. The van der Waals surface area contributed by atoms with Gasteiger partial charge in [-0.05, 0) is 26.2 Å². The Labute approximate surface area is 104 Å². The molecule has 0 bridgehead atoms. The van der Waals surface area contributed by atoms with Crippen molar-refractivity contribution in [3.05, 3.63) is 12.4 Å². The first-order valence-corrected chi connectivity index (χ1v) is 6.47. The summed E-state index contributed by atoms with van der Waals surface area (Å²) >= 11 is 0. The van der Waals surface area contributed by atoms with Gasteiger partial charge in [0.05, 0.1) is 0 Å². The molecule has 0 saturated carbocycles. The number of nitrogens with zero attached hydrogens (tertiary/aromatic N) is 2. The van der Waals surface area contributed by atoms with Gasteiger partial charge in [-0.2, -0.15) is 0 Å². The summed E-state index contributed by atoms with van der Waals surface area (Å²) in [6, 6.07) is 1.97. The molecular weight excluding hydrogens is 212 g/mol. The summed E-state index contributed by atoms with van der Waals surface area (Å²) in [5, 5.41) is 6.75. The van der Waals surface area contributed by atoms with E-state index in [0.717, 1.165) is 37.4 Å². The molecule has 0 fully saturated rings. The normalized spacial score (nSPS) is 11.3. The van der Waals surface area contributed by atoms with E-state index in [0.29, 0.717) is 0 Å². The molecule has 0 saturated heterocycles. The van der Waals surface area contributed by atoms with Crippen LogP contribution in [0.2, 0.25) is 0 Å². The van der Waals surface area contributed by atoms with Crippen molar-refractivity contribution in [3.63, 3.8) is 0 Å². The Kier molecular flexibility index (Phi) is 5.19. The smallest absolute Gasteiger partial charge is 0.131 e. The lowest BCUT2D eigenvalue weighted by Gasteiger charge is -2.28. The van der Waals surface area contributed by atoms with Crippen LogP contribution in [0.1, 0.15) is 47.0 Å².